The number of ether oxygens (including phenoxy) is 1. The highest BCUT2D eigenvalue weighted by molar-refractivity contribution is 7.98. The molecule has 2 aromatic heterocycles. The van der Waals surface area contributed by atoms with Gasteiger partial charge in [0.25, 0.3) is 0 Å². The Morgan fingerprint density at radius 3 is 3.05 bits per heavy atom. The second kappa shape index (κ2) is 7.26. The molecule has 0 bridgehead atoms. The van der Waals surface area contributed by atoms with Crippen LogP contribution in [0.2, 0.25) is 0 Å². The molecule has 1 aliphatic rings. The zero-order valence-corrected chi connectivity index (χ0v) is 13.8. The maximum absolute atomic E-state index is 5.76. The van der Waals surface area contributed by atoms with Gasteiger partial charge >= 0.3 is 0 Å². The molecule has 0 unspecified atom stereocenters. The van der Waals surface area contributed by atoms with Gasteiger partial charge in [-0.3, -0.25) is 4.68 Å². The van der Waals surface area contributed by atoms with Gasteiger partial charge in [0.05, 0.1) is 19.2 Å². The molecule has 0 aromatic carbocycles. The molecule has 3 heterocycles. The van der Waals surface area contributed by atoms with Gasteiger partial charge in [-0.2, -0.15) is 5.10 Å². The molecule has 2 aromatic rings. The molecule has 1 fully saturated rings. The molecule has 7 nitrogen and oxygen atoms in total. The Balaban J connectivity index is 1.72. The highest BCUT2D eigenvalue weighted by Crippen LogP contribution is 2.24. The maximum Gasteiger partial charge on any atom is 0.191 e. The van der Waals surface area contributed by atoms with E-state index in [0.29, 0.717) is 6.54 Å². The minimum absolute atomic E-state index is 0.280. The van der Waals surface area contributed by atoms with Gasteiger partial charge in [-0.15, -0.1) is 10.2 Å². The van der Waals surface area contributed by atoms with Crippen LogP contribution in [-0.4, -0.2) is 44.3 Å². The Morgan fingerprint density at radius 1 is 1.45 bits per heavy atom. The van der Waals surface area contributed by atoms with Crippen LogP contribution in [0.15, 0.2) is 17.4 Å². The molecule has 1 atom stereocenters. The number of hydrogen-bond acceptors (Lipinski definition) is 6. The third-order valence-corrected chi connectivity index (χ3v) is 4.81. The highest BCUT2D eigenvalue weighted by atomic mass is 32.2. The van der Waals surface area contributed by atoms with E-state index >= 15 is 0 Å². The van der Waals surface area contributed by atoms with Crippen molar-refractivity contribution in [2.24, 2.45) is 7.05 Å². The number of aromatic nitrogens is 5. The molecular formula is C14H22N6OS. The van der Waals surface area contributed by atoms with E-state index < -0.39 is 0 Å². The number of thioether (sulfide) groups is 1. The number of rotatable bonds is 7. The van der Waals surface area contributed by atoms with E-state index in [1.807, 2.05) is 31.0 Å². The van der Waals surface area contributed by atoms with Crippen molar-refractivity contribution in [3.63, 3.8) is 0 Å². The van der Waals surface area contributed by atoms with E-state index in [-0.39, 0.29) is 6.10 Å². The van der Waals surface area contributed by atoms with Gasteiger partial charge in [0, 0.05) is 31.3 Å². The van der Waals surface area contributed by atoms with Crippen LogP contribution in [0.5, 0.6) is 0 Å². The van der Waals surface area contributed by atoms with Crippen molar-refractivity contribution >= 4 is 11.8 Å². The average Bonchev–Trinajstić information content (AvgIpc) is 3.22. The number of aryl methyl sites for hydroxylation is 1. The molecule has 120 valence electrons. The van der Waals surface area contributed by atoms with Crippen molar-refractivity contribution in [3.8, 4) is 0 Å². The van der Waals surface area contributed by atoms with E-state index in [1.54, 1.807) is 11.8 Å². The smallest absolute Gasteiger partial charge is 0.191 e. The number of nitrogens with one attached hydrogen (secondary N) is 1. The van der Waals surface area contributed by atoms with Crippen molar-refractivity contribution in [1.29, 1.82) is 0 Å². The minimum atomic E-state index is 0.280. The van der Waals surface area contributed by atoms with Crippen LogP contribution in [0.25, 0.3) is 0 Å². The van der Waals surface area contributed by atoms with Crippen LogP contribution in [-0.2, 0) is 30.6 Å². The Bertz CT molecular complexity index is 604. The molecular weight excluding hydrogens is 300 g/mol. The third kappa shape index (κ3) is 3.50. The van der Waals surface area contributed by atoms with Crippen molar-refractivity contribution < 1.29 is 4.74 Å². The van der Waals surface area contributed by atoms with Gasteiger partial charge in [-0.05, 0) is 26.0 Å². The molecule has 1 saturated heterocycles. The van der Waals surface area contributed by atoms with Crippen LogP contribution in [0.4, 0.5) is 0 Å². The predicted molar refractivity (Wildman–Crippen MR) is 84.5 cm³/mol. The van der Waals surface area contributed by atoms with Crippen molar-refractivity contribution in [3.05, 3.63) is 23.8 Å². The highest BCUT2D eigenvalue weighted by Gasteiger charge is 2.20. The molecule has 1 N–H and O–H groups in total. The van der Waals surface area contributed by atoms with Crippen LogP contribution in [0.3, 0.4) is 0 Å². The summed E-state index contributed by atoms with van der Waals surface area (Å²) in [6.45, 7) is 2.41. The van der Waals surface area contributed by atoms with E-state index in [4.69, 9.17) is 4.74 Å². The first-order valence-electron chi connectivity index (χ1n) is 7.56. The summed E-state index contributed by atoms with van der Waals surface area (Å²) in [5.41, 5.74) is 1.17. The lowest BCUT2D eigenvalue weighted by Gasteiger charge is -2.14. The van der Waals surface area contributed by atoms with Crippen molar-refractivity contribution in [2.45, 2.75) is 42.9 Å². The largest absolute Gasteiger partial charge is 0.376 e. The lowest BCUT2D eigenvalue weighted by atomic mass is 10.2. The zero-order chi connectivity index (χ0) is 15.4. The quantitative estimate of drug-likeness (QED) is 0.773. The fraction of sp³-hybridized carbons (Fsp3) is 0.643. The lowest BCUT2D eigenvalue weighted by Crippen LogP contribution is -2.20. The SMILES string of the molecule is CNCc1nnc(SCc2ccnn2C)n1C[C@@H]1CCCO1. The second-order valence-electron chi connectivity index (χ2n) is 5.41. The Kier molecular flexibility index (Phi) is 5.12. The molecule has 0 saturated carbocycles. The van der Waals surface area contributed by atoms with Gasteiger partial charge in [0.15, 0.2) is 5.16 Å². The van der Waals surface area contributed by atoms with E-state index in [1.165, 1.54) is 5.69 Å². The fourth-order valence-electron chi connectivity index (χ4n) is 2.57. The van der Waals surface area contributed by atoms with Crippen molar-refractivity contribution in [1.82, 2.24) is 29.9 Å². The average molecular weight is 322 g/mol. The normalized spacial score (nSPS) is 18.2. The van der Waals surface area contributed by atoms with E-state index in [0.717, 1.165) is 42.7 Å². The monoisotopic (exact) mass is 322 g/mol. The van der Waals surface area contributed by atoms with Gasteiger partial charge in [0.2, 0.25) is 0 Å². The maximum atomic E-state index is 5.76. The summed E-state index contributed by atoms with van der Waals surface area (Å²) in [5.74, 6) is 1.80. The Morgan fingerprint density at radius 2 is 2.36 bits per heavy atom. The molecule has 1 aliphatic heterocycles. The lowest BCUT2D eigenvalue weighted by molar-refractivity contribution is 0.0941. The van der Waals surface area contributed by atoms with Crippen LogP contribution < -0.4 is 5.32 Å². The summed E-state index contributed by atoms with van der Waals surface area (Å²) in [5, 5.41) is 17.0. The summed E-state index contributed by atoms with van der Waals surface area (Å²) < 4.78 is 9.84. The Hall–Kier alpha value is -1.38. The summed E-state index contributed by atoms with van der Waals surface area (Å²) in [7, 11) is 3.88. The zero-order valence-electron chi connectivity index (χ0n) is 13.0. The first-order valence-corrected chi connectivity index (χ1v) is 8.54. The summed E-state index contributed by atoms with van der Waals surface area (Å²) in [6.07, 6.45) is 4.36. The Labute approximate surface area is 134 Å². The fourth-order valence-corrected chi connectivity index (χ4v) is 3.57. The van der Waals surface area contributed by atoms with E-state index in [9.17, 15) is 0 Å². The molecule has 0 aliphatic carbocycles. The number of nitrogens with zero attached hydrogens (tertiary/aromatic N) is 5. The van der Waals surface area contributed by atoms with Crippen LogP contribution >= 0.6 is 11.8 Å². The number of hydrogen-bond donors (Lipinski definition) is 1. The van der Waals surface area contributed by atoms with Gasteiger partial charge in [-0.25, -0.2) is 0 Å². The van der Waals surface area contributed by atoms with Gasteiger partial charge in [0.1, 0.15) is 5.82 Å². The molecule has 8 heteroatoms. The summed E-state index contributed by atoms with van der Waals surface area (Å²) in [4.78, 5) is 0. The first kappa shape index (κ1) is 15.5. The first-order chi connectivity index (χ1) is 10.8. The standard InChI is InChI=1S/C14H22N6OS/c1-15-8-13-17-18-14(20(13)9-12-4-3-7-21-12)22-10-11-5-6-16-19(11)2/h5-6,12,15H,3-4,7-10H2,1-2H3/t12-/m0/s1. The second-order valence-corrected chi connectivity index (χ2v) is 6.35. The van der Waals surface area contributed by atoms with Gasteiger partial charge < -0.3 is 14.6 Å². The van der Waals surface area contributed by atoms with Crippen LogP contribution in [0, 0.1) is 0 Å². The van der Waals surface area contributed by atoms with Crippen molar-refractivity contribution in [2.75, 3.05) is 13.7 Å². The topological polar surface area (TPSA) is 69.8 Å². The molecule has 22 heavy (non-hydrogen) atoms. The molecule has 0 amide bonds. The minimum Gasteiger partial charge on any atom is -0.376 e. The molecule has 0 spiro atoms. The molecule has 0 radical (unpaired) electrons. The molecule has 3 rings (SSSR count). The predicted octanol–water partition coefficient (Wildman–Crippen LogP) is 1.20. The third-order valence-electron chi connectivity index (χ3n) is 3.81. The summed E-state index contributed by atoms with van der Waals surface area (Å²) >= 11 is 1.69. The van der Waals surface area contributed by atoms with Gasteiger partial charge in [-0.1, -0.05) is 11.8 Å². The van der Waals surface area contributed by atoms with Crippen LogP contribution in [0.1, 0.15) is 24.4 Å². The summed E-state index contributed by atoms with van der Waals surface area (Å²) in [6, 6.07) is 2.03. The van der Waals surface area contributed by atoms with E-state index in [2.05, 4.69) is 25.2 Å².